The number of aromatic nitrogens is 2. The van der Waals surface area contributed by atoms with E-state index in [1.807, 2.05) is 12.3 Å². The molecule has 108 valence electrons. The lowest BCUT2D eigenvalue weighted by Gasteiger charge is -2.46. The van der Waals surface area contributed by atoms with Gasteiger partial charge in [-0.05, 0) is 13.3 Å². The normalized spacial score (nSPS) is 18.4. The van der Waals surface area contributed by atoms with Crippen LogP contribution in [-0.4, -0.2) is 38.1 Å². The van der Waals surface area contributed by atoms with Gasteiger partial charge in [-0.3, -0.25) is 14.1 Å². The Morgan fingerprint density at radius 3 is 2.95 bits per heavy atom. The standard InChI is InChI=1S/C14H19N3O2S/c1-3-4-14(19)8-16(9-14)6-11-5-12(18)17-10(2)7-20-13(17)15-11/h5,7,19H,3-4,6,8-9H2,1-2H3. The number of rotatable bonds is 4. The fourth-order valence-electron chi connectivity index (χ4n) is 2.93. The third-order valence-corrected chi connectivity index (χ3v) is 4.71. The van der Waals surface area contributed by atoms with Crippen molar-refractivity contribution in [3.05, 3.63) is 33.2 Å². The van der Waals surface area contributed by atoms with Gasteiger partial charge >= 0.3 is 0 Å². The Balaban J connectivity index is 1.75. The van der Waals surface area contributed by atoms with Crippen LogP contribution in [0.15, 0.2) is 16.2 Å². The number of aliphatic hydroxyl groups is 1. The van der Waals surface area contributed by atoms with Crippen molar-refractivity contribution >= 4 is 16.3 Å². The molecule has 0 saturated carbocycles. The van der Waals surface area contributed by atoms with Gasteiger partial charge in [-0.1, -0.05) is 13.3 Å². The van der Waals surface area contributed by atoms with E-state index in [4.69, 9.17) is 0 Å². The molecular formula is C14H19N3O2S. The summed E-state index contributed by atoms with van der Waals surface area (Å²) in [6, 6.07) is 1.60. The average Bonchev–Trinajstić information content (AvgIpc) is 2.70. The summed E-state index contributed by atoms with van der Waals surface area (Å²) in [5, 5.41) is 12.1. The second-order valence-electron chi connectivity index (χ2n) is 5.70. The zero-order chi connectivity index (χ0) is 14.3. The van der Waals surface area contributed by atoms with E-state index in [0.717, 1.165) is 29.2 Å². The van der Waals surface area contributed by atoms with Crippen molar-refractivity contribution in [1.82, 2.24) is 14.3 Å². The van der Waals surface area contributed by atoms with Gasteiger partial charge in [-0.2, -0.15) is 0 Å². The maximum atomic E-state index is 12.1. The first-order chi connectivity index (χ1) is 9.50. The average molecular weight is 293 g/mol. The quantitative estimate of drug-likeness (QED) is 0.926. The van der Waals surface area contributed by atoms with Crippen LogP contribution in [0.25, 0.3) is 4.96 Å². The molecule has 20 heavy (non-hydrogen) atoms. The lowest BCUT2D eigenvalue weighted by atomic mass is 9.89. The van der Waals surface area contributed by atoms with Crippen molar-refractivity contribution in [2.45, 2.75) is 38.8 Å². The van der Waals surface area contributed by atoms with Crippen LogP contribution in [0.5, 0.6) is 0 Å². The molecule has 3 rings (SSSR count). The number of fused-ring (bicyclic) bond motifs is 1. The minimum absolute atomic E-state index is 0.0203. The molecule has 0 aromatic carbocycles. The Bertz CT molecular complexity index is 685. The first-order valence-corrected chi connectivity index (χ1v) is 7.80. The lowest BCUT2D eigenvalue weighted by molar-refractivity contribution is -0.107. The van der Waals surface area contributed by atoms with Crippen molar-refractivity contribution in [1.29, 1.82) is 0 Å². The highest BCUT2D eigenvalue weighted by molar-refractivity contribution is 7.15. The van der Waals surface area contributed by atoms with Gasteiger partial charge in [0.05, 0.1) is 11.3 Å². The summed E-state index contributed by atoms with van der Waals surface area (Å²) in [6.45, 7) is 5.97. The highest BCUT2D eigenvalue weighted by atomic mass is 32.1. The third-order valence-electron chi connectivity index (χ3n) is 3.77. The van der Waals surface area contributed by atoms with E-state index in [1.54, 1.807) is 10.5 Å². The smallest absolute Gasteiger partial charge is 0.259 e. The number of hydrogen-bond donors (Lipinski definition) is 1. The van der Waals surface area contributed by atoms with Crippen LogP contribution in [0.1, 0.15) is 31.2 Å². The molecule has 1 aliphatic heterocycles. The molecule has 0 bridgehead atoms. The van der Waals surface area contributed by atoms with Gasteiger partial charge in [0, 0.05) is 36.8 Å². The van der Waals surface area contributed by atoms with Gasteiger partial charge in [0.25, 0.3) is 5.56 Å². The van der Waals surface area contributed by atoms with Crippen molar-refractivity contribution in [2.75, 3.05) is 13.1 Å². The molecule has 1 aliphatic rings. The SMILES string of the molecule is CCCC1(O)CN(Cc2cc(=O)n3c(C)csc3n2)C1. The highest BCUT2D eigenvalue weighted by Gasteiger charge is 2.40. The summed E-state index contributed by atoms with van der Waals surface area (Å²) in [4.78, 5) is 19.5. The van der Waals surface area contributed by atoms with Gasteiger partial charge in [-0.15, -0.1) is 11.3 Å². The number of aryl methyl sites for hydroxylation is 1. The number of thiazole rings is 1. The Kier molecular flexibility index (Phi) is 3.40. The molecular weight excluding hydrogens is 274 g/mol. The molecule has 2 aromatic rings. The monoisotopic (exact) mass is 293 g/mol. The van der Waals surface area contributed by atoms with Crippen molar-refractivity contribution in [3.8, 4) is 0 Å². The molecule has 0 unspecified atom stereocenters. The van der Waals surface area contributed by atoms with E-state index in [9.17, 15) is 9.90 Å². The Morgan fingerprint density at radius 2 is 2.25 bits per heavy atom. The van der Waals surface area contributed by atoms with E-state index in [-0.39, 0.29) is 5.56 Å². The van der Waals surface area contributed by atoms with E-state index < -0.39 is 5.60 Å². The first kappa shape index (κ1) is 13.7. The van der Waals surface area contributed by atoms with Crippen molar-refractivity contribution in [3.63, 3.8) is 0 Å². The number of β-amino-alcohol motifs (C(OH)–C–C–N with tert-alkyl or cyclic N) is 1. The Labute approximate surface area is 121 Å². The minimum atomic E-state index is -0.534. The molecule has 5 nitrogen and oxygen atoms in total. The molecule has 6 heteroatoms. The number of hydrogen-bond acceptors (Lipinski definition) is 5. The molecule has 0 spiro atoms. The largest absolute Gasteiger partial charge is 0.387 e. The summed E-state index contributed by atoms with van der Waals surface area (Å²) in [5.41, 5.74) is 1.16. The summed E-state index contributed by atoms with van der Waals surface area (Å²) in [6.07, 6.45) is 1.83. The van der Waals surface area contributed by atoms with E-state index in [0.29, 0.717) is 19.6 Å². The molecule has 0 atom stereocenters. The summed E-state index contributed by atoms with van der Waals surface area (Å²) in [7, 11) is 0. The van der Waals surface area contributed by atoms with Gasteiger partial charge < -0.3 is 5.11 Å². The molecule has 0 radical (unpaired) electrons. The first-order valence-electron chi connectivity index (χ1n) is 6.92. The predicted molar refractivity (Wildman–Crippen MR) is 79.2 cm³/mol. The van der Waals surface area contributed by atoms with Crippen LogP contribution >= 0.6 is 11.3 Å². The second kappa shape index (κ2) is 4.95. The fraction of sp³-hybridized carbons (Fsp3) is 0.571. The van der Waals surface area contributed by atoms with Gasteiger partial charge in [0.2, 0.25) is 0 Å². The molecule has 1 fully saturated rings. The highest BCUT2D eigenvalue weighted by Crippen LogP contribution is 2.26. The van der Waals surface area contributed by atoms with Crippen LogP contribution in [0, 0.1) is 6.92 Å². The summed E-state index contributed by atoms with van der Waals surface area (Å²) in [5.74, 6) is 0. The molecule has 1 saturated heterocycles. The zero-order valence-electron chi connectivity index (χ0n) is 11.8. The minimum Gasteiger partial charge on any atom is -0.387 e. The Morgan fingerprint density at radius 1 is 1.50 bits per heavy atom. The molecule has 2 aromatic heterocycles. The molecule has 0 aliphatic carbocycles. The molecule has 0 amide bonds. The van der Waals surface area contributed by atoms with Crippen LogP contribution < -0.4 is 5.56 Å². The van der Waals surface area contributed by atoms with E-state index in [2.05, 4.69) is 16.8 Å². The van der Waals surface area contributed by atoms with Crippen LogP contribution in [0.2, 0.25) is 0 Å². The summed E-state index contributed by atoms with van der Waals surface area (Å²) >= 11 is 1.49. The summed E-state index contributed by atoms with van der Waals surface area (Å²) < 4.78 is 1.64. The zero-order valence-corrected chi connectivity index (χ0v) is 12.6. The van der Waals surface area contributed by atoms with Gasteiger partial charge in [0.1, 0.15) is 0 Å². The predicted octanol–water partition coefficient (Wildman–Crippen LogP) is 1.41. The number of likely N-dealkylation sites (tertiary alicyclic amines) is 1. The molecule has 1 N–H and O–H groups in total. The maximum absolute atomic E-state index is 12.1. The maximum Gasteiger partial charge on any atom is 0.259 e. The van der Waals surface area contributed by atoms with Crippen molar-refractivity contribution < 1.29 is 5.11 Å². The fourth-order valence-corrected chi connectivity index (χ4v) is 3.82. The van der Waals surface area contributed by atoms with Gasteiger partial charge in [0.15, 0.2) is 4.96 Å². The van der Waals surface area contributed by atoms with E-state index >= 15 is 0 Å². The second-order valence-corrected chi connectivity index (χ2v) is 6.54. The Hall–Kier alpha value is -1.24. The van der Waals surface area contributed by atoms with Gasteiger partial charge in [-0.25, -0.2) is 4.98 Å². The number of nitrogens with zero attached hydrogens (tertiary/aromatic N) is 3. The van der Waals surface area contributed by atoms with Crippen LogP contribution in [0.3, 0.4) is 0 Å². The molecule has 3 heterocycles. The van der Waals surface area contributed by atoms with E-state index in [1.165, 1.54) is 11.3 Å². The van der Waals surface area contributed by atoms with Crippen molar-refractivity contribution in [2.24, 2.45) is 0 Å². The third kappa shape index (κ3) is 2.39. The topological polar surface area (TPSA) is 57.8 Å². The van der Waals surface area contributed by atoms with Crippen LogP contribution in [-0.2, 0) is 6.54 Å². The van der Waals surface area contributed by atoms with Crippen LogP contribution in [0.4, 0.5) is 0 Å². The lowest BCUT2D eigenvalue weighted by Crippen LogP contribution is -2.61.